The van der Waals surface area contributed by atoms with Gasteiger partial charge >= 0.3 is 17.1 Å². The largest absolute Gasteiger partial charge is 0.437 e. The third-order valence-electron chi connectivity index (χ3n) is 2.30. The quantitative estimate of drug-likeness (QED) is 0.376. The van der Waals surface area contributed by atoms with Crippen LogP contribution in [0.5, 0.6) is 0 Å². The van der Waals surface area contributed by atoms with Gasteiger partial charge in [0.1, 0.15) is 0 Å². The molecule has 0 aromatic heterocycles. The highest BCUT2D eigenvalue weighted by molar-refractivity contribution is 6.89. The highest BCUT2D eigenvalue weighted by Crippen LogP contribution is 2.26. The molecule has 0 heterocycles. The number of hydrogen-bond acceptors (Lipinski definition) is 4. The Bertz CT molecular complexity index is 314. The standard InChI is InChI=1S/C12H34O4Si4.C2H4.CH4/c1-13-11-12-20(10,15-18(5,6)7)16-19(8,9)14-17(2,3)4;1-2;/h11-12H2,1-10H3;1-2H2;1H4. The molecule has 0 rings (SSSR count). The first-order valence-electron chi connectivity index (χ1n) is 7.78. The first-order chi connectivity index (χ1) is 9.68. The predicted molar refractivity (Wildman–Crippen MR) is 114 cm³/mol. The fraction of sp³-hybridized carbons (Fsp3) is 0.867. The van der Waals surface area contributed by atoms with Gasteiger partial charge in [-0.1, -0.05) is 7.43 Å². The minimum Gasteiger partial charge on any atom is -0.437 e. The summed E-state index contributed by atoms with van der Waals surface area (Å²) in [6.45, 7) is 26.4. The monoisotopic (exact) mass is 398 g/mol. The van der Waals surface area contributed by atoms with Crippen LogP contribution < -0.4 is 0 Å². The minimum absolute atomic E-state index is 0. The molecule has 142 valence electrons. The lowest BCUT2D eigenvalue weighted by Crippen LogP contribution is -2.57. The van der Waals surface area contributed by atoms with Crippen molar-refractivity contribution in [3.63, 3.8) is 0 Å². The van der Waals surface area contributed by atoms with Gasteiger partial charge in [-0.2, -0.15) is 0 Å². The Morgan fingerprint density at radius 2 is 1.09 bits per heavy atom. The molecule has 0 aliphatic carbocycles. The van der Waals surface area contributed by atoms with Crippen molar-refractivity contribution in [2.24, 2.45) is 0 Å². The van der Waals surface area contributed by atoms with E-state index in [-0.39, 0.29) is 7.43 Å². The SMILES string of the molecule is C.C=C.COCC[Si](C)(O[Si](C)(C)C)O[Si](C)(C)O[Si](C)(C)C. The van der Waals surface area contributed by atoms with Crippen LogP contribution in [0.25, 0.3) is 0 Å². The van der Waals surface area contributed by atoms with Crippen molar-refractivity contribution in [3.8, 4) is 0 Å². The van der Waals surface area contributed by atoms with E-state index in [0.29, 0.717) is 6.61 Å². The van der Waals surface area contributed by atoms with Crippen molar-refractivity contribution in [2.75, 3.05) is 13.7 Å². The maximum atomic E-state index is 6.50. The van der Waals surface area contributed by atoms with Gasteiger partial charge in [0.2, 0.25) is 0 Å². The second-order valence-corrected chi connectivity index (χ2v) is 24.3. The van der Waals surface area contributed by atoms with E-state index in [1.807, 2.05) is 0 Å². The molecule has 8 heteroatoms. The molecule has 0 N–H and O–H groups in total. The Kier molecular flexibility index (Phi) is 13.7. The molecule has 1 unspecified atom stereocenters. The lowest BCUT2D eigenvalue weighted by atomic mass is 10.9. The predicted octanol–water partition coefficient (Wildman–Crippen LogP) is 5.56. The smallest absolute Gasteiger partial charge is 0.318 e. The van der Waals surface area contributed by atoms with E-state index in [4.69, 9.17) is 17.1 Å². The first-order valence-corrected chi connectivity index (χ1v) is 19.9. The summed E-state index contributed by atoms with van der Waals surface area (Å²) in [6, 6.07) is 0.860. The van der Waals surface area contributed by atoms with Gasteiger partial charge < -0.3 is 17.1 Å². The molecule has 0 radical (unpaired) electrons. The summed E-state index contributed by atoms with van der Waals surface area (Å²) in [5.74, 6) is 0. The van der Waals surface area contributed by atoms with E-state index in [0.717, 1.165) is 6.04 Å². The summed E-state index contributed by atoms with van der Waals surface area (Å²) in [5.41, 5.74) is 0. The molecule has 4 nitrogen and oxygen atoms in total. The van der Waals surface area contributed by atoms with Gasteiger partial charge in [0.05, 0.1) is 0 Å². The van der Waals surface area contributed by atoms with Crippen LogP contribution in [0.3, 0.4) is 0 Å². The Labute approximate surface area is 150 Å². The van der Waals surface area contributed by atoms with Gasteiger partial charge in [-0.15, -0.1) is 13.2 Å². The number of ether oxygens (including phenoxy) is 1. The van der Waals surface area contributed by atoms with Crippen molar-refractivity contribution in [2.45, 2.75) is 72.4 Å². The zero-order valence-corrected chi connectivity index (χ0v) is 20.5. The van der Waals surface area contributed by atoms with Gasteiger partial charge in [0.15, 0.2) is 16.6 Å². The molecular weight excluding hydrogens is 357 g/mol. The Morgan fingerprint density at radius 1 is 0.696 bits per heavy atom. The molecule has 0 aliphatic rings. The summed E-state index contributed by atoms with van der Waals surface area (Å²) < 4.78 is 24.5. The fourth-order valence-corrected chi connectivity index (χ4v) is 20.1. The second-order valence-electron chi connectivity index (χ2n) is 7.81. The van der Waals surface area contributed by atoms with Crippen LogP contribution in [-0.4, -0.2) is 47.5 Å². The highest BCUT2D eigenvalue weighted by atomic mass is 28.5. The van der Waals surface area contributed by atoms with Gasteiger partial charge in [-0.05, 0) is 58.9 Å². The van der Waals surface area contributed by atoms with Crippen LogP contribution in [0.15, 0.2) is 13.2 Å². The van der Waals surface area contributed by atoms with Crippen LogP contribution in [0.2, 0.25) is 65.0 Å². The molecule has 0 amide bonds. The number of methoxy groups -OCH3 is 1. The van der Waals surface area contributed by atoms with Crippen molar-refractivity contribution in [3.05, 3.63) is 13.2 Å². The van der Waals surface area contributed by atoms with Crippen molar-refractivity contribution < 1.29 is 17.1 Å². The summed E-state index contributed by atoms with van der Waals surface area (Å²) >= 11 is 0. The van der Waals surface area contributed by atoms with Crippen LogP contribution in [0.4, 0.5) is 0 Å². The highest BCUT2D eigenvalue weighted by Gasteiger charge is 2.44. The zero-order valence-electron chi connectivity index (χ0n) is 16.5. The van der Waals surface area contributed by atoms with Crippen molar-refractivity contribution >= 4 is 33.8 Å². The summed E-state index contributed by atoms with van der Waals surface area (Å²) in [5, 5.41) is 0. The van der Waals surface area contributed by atoms with Crippen LogP contribution in [0.1, 0.15) is 7.43 Å². The van der Waals surface area contributed by atoms with Crippen LogP contribution in [0, 0.1) is 0 Å². The van der Waals surface area contributed by atoms with Crippen molar-refractivity contribution in [1.29, 1.82) is 0 Å². The topological polar surface area (TPSA) is 36.9 Å². The maximum absolute atomic E-state index is 6.50. The summed E-state index contributed by atoms with van der Waals surface area (Å²) in [4.78, 5) is 0. The average Bonchev–Trinajstić information content (AvgIpc) is 2.22. The van der Waals surface area contributed by atoms with E-state index in [1.54, 1.807) is 7.11 Å². The molecule has 0 aromatic carbocycles. The molecule has 0 fully saturated rings. The Hall–Kier alpha value is 0.448. The molecular formula is C15H42O4Si4. The summed E-state index contributed by atoms with van der Waals surface area (Å²) in [6.07, 6.45) is 0. The maximum Gasteiger partial charge on any atom is 0.318 e. The fourth-order valence-electron chi connectivity index (χ4n) is 2.34. The lowest BCUT2D eigenvalue weighted by Gasteiger charge is -2.41. The van der Waals surface area contributed by atoms with E-state index >= 15 is 0 Å². The third-order valence-corrected chi connectivity index (χ3v) is 15.7. The molecule has 0 aromatic rings. The first kappa shape index (κ1) is 28.3. The second kappa shape index (κ2) is 11.1. The molecule has 23 heavy (non-hydrogen) atoms. The van der Waals surface area contributed by atoms with Crippen molar-refractivity contribution in [1.82, 2.24) is 0 Å². The van der Waals surface area contributed by atoms with E-state index in [1.165, 1.54) is 0 Å². The number of rotatable bonds is 9. The molecule has 0 bridgehead atoms. The van der Waals surface area contributed by atoms with Crippen LogP contribution in [-0.2, 0) is 17.1 Å². The van der Waals surface area contributed by atoms with E-state index in [9.17, 15) is 0 Å². The van der Waals surface area contributed by atoms with Gasteiger partial charge in [-0.25, -0.2) is 0 Å². The average molecular weight is 399 g/mol. The van der Waals surface area contributed by atoms with Gasteiger partial charge in [-0.3, -0.25) is 0 Å². The lowest BCUT2D eigenvalue weighted by molar-refractivity contribution is 0.203. The van der Waals surface area contributed by atoms with Crippen LogP contribution >= 0.6 is 0 Å². The van der Waals surface area contributed by atoms with Gasteiger partial charge in [0, 0.05) is 19.8 Å². The van der Waals surface area contributed by atoms with Gasteiger partial charge in [0.25, 0.3) is 0 Å². The number of hydrogen-bond donors (Lipinski definition) is 0. The molecule has 1 atom stereocenters. The summed E-state index contributed by atoms with van der Waals surface area (Å²) in [7, 11) is -5.92. The molecule has 0 saturated carbocycles. The Morgan fingerprint density at radius 3 is 1.39 bits per heavy atom. The Balaban J connectivity index is -0.00000128. The molecule has 0 spiro atoms. The zero-order chi connectivity index (χ0) is 18.2. The normalized spacial score (nSPS) is 15.0. The molecule has 0 saturated heterocycles. The molecule has 0 aliphatic heterocycles. The van der Waals surface area contributed by atoms with E-state index in [2.05, 4.69) is 72.1 Å². The minimum atomic E-state index is -2.25. The third kappa shape index (κ3) is 17.1. The van der Waals surface area contributed by atoms with E-state index < -0.39 is 33.8 Å².